The number of carbonyl (C=O) groups excluding carboxylic acids is 2. The average Bonchev–Trinajstić information content (AvgIpc) is 2.74. The van der Waals surface area contributed by atoms with Crippen molar-refractivity contribution in [2.24, 2.45) is 18.7 Å². The van der Waals surface area contributed by atoms with Crippen LogP contribution in [-0.2, 0) is 11.8 Å². The zero-order valence-corrected chi connectivity index (χ0v) is 13.2. The first-order valence-electron chi connectivity index (χ1n) is 6.84. The molecule has 0 radical (unpaired) electrons. The van der Waals surface area contributed by atoms with Gasteiger partial charge in [0.1, 0.15) is 16.4 Å². The standard InChI is InChI=1S/C13H18F2N4O2S/c1-19-10(8(9(16)20)12(18-19)22-2)17-11(21)7-4-3-5-13(14,15)6-7/h7H,3-6H2,1-2H3,(H2,16,20)(H,17,21). The largest absolute Gasteiger partial charge is 0.365 e. The van der Waals surface area contributed by atoms with Crippen molar-refractivity contribution in [2.75, 3.05) is 11.6 Å². The predicted molar refractivity (Wildman–Crippen MR) is 79.0 cm³/mol. The average molecular weight is 332 g/mol. The van der Waals surface area contributed by atoms with E-state index < -0.39 is 30.1 Å². The van der Waals surface area contributed by atoms with Crippen LogP contribution in [0.3, 0.4) is 0 Å². The number of halogens is 2. The van der Waals surface area contributed by atoms with E-state index in [0.29, 0.717) is 17.9 Å². The van der Waals surface area contributed by atoms with Crippen LogP contribution in [-0.4, -0.2) is 33.8 Å². The zero-order valence-electron chi connectivity index (χ0n) is 12.4. The van der Waals surface area contributed by atoms with Gasteiger partial charge in [-0.2, -0.15) is 5.10 Å². The second-order valence-electron chi connectivity index (χ2n) is 5.36. The fourth-order valence-corrected chi connectivity index (χ4v) is 3.23. The molecule has 1 aliphatic carbocycles. The third-order valence-electron chi connectivity index (χ3n) is 3.71. The SMILES string of the molecule is CSc1nn(C)c(NC(=O)C2CCCC(F)(F)C2)c1C(N)=O. The van der Waals surface area contributed by atoms with Gasteiger partial charge in [-0.15, -0.1) is 11.8 Å². The Hall–Kier alpha value is -1.64. The summed E-state index contributed by atoms with van der Waals surface area (Å²) in [5, 5.41) is 7.02. The van der Waals surface area contributed by atoms with Crippen molar-refractivity contribution in [1.82, 2.24) is 9.78 Å². The lowest BCUT2D eigenvalue weighted by molar-refractivity contribution is -0.127. The lowest BCUT2D eigenvalue weighted by Crippen LogP contribution is -2.34. The number of nitrogens with two attached hydrogens (primary N) is 1. The van der Waals surface area contributed by atoms with Crippen LogP contribution in [0, 0.1) is 5.92 Å². The number of rotatable bonds is 4. The molecule has 2 rings (SSSR count). The molecule has 0 aromatic carbocycles. The van der Waals surface area contributed by atoms with Crippen LogP contribution >= 0.6 is 11.8 Å². The Balaban J connectivity index is 2.22. The van der Waals surface area contributed by atoms with E-state index >= 15 is 0 Å². The number of anilines is 1. The molecule has 1 aromatic heterocycles. The summed E-state index contributed by atoms with van der Waals surface area (Å²) in [6, 6.07) is 0. The predicted octanol–water partition coefficient (Wildman–Crippen LogP) is 2.00. The first-order chi connectivity index (χ1) is 10.2. The maximum absolute atomic E-state index is 13.4. The normalized spacial score (nSPS) is 20.6. The number of carbonyl (C=O) groups is 2. The highest BCUT2D eigenvalue weighted by Gasteiger charge is 2.39. The number of hydrogen-bond acceptors (Lipinski definition) is 4. The van der Waals surface area contributed by atoms with E-state index in [4.69, 9.17) is 5.73 Å². The molecule has 2 amide bonds. The summed E-state index contributed by atoms with van der Waals surface area (Å²) in [7, 11) is 1.55. The van der Waals surface area contributed by atoms with E-state index in [-0.39, 0.29) is 17.8 Å². The minimum Gasteiger partial charge on any atom is -0.365 e. The molecular formula is C13H18F2N4O2S. The topological polar surface area (TPSA) is 90.0 Å². The van der Waals surface area contributed by atoms with E-state index in [2.05, 4.69) is 10.4 Å². The van der Waals surface area contributed by atoms with Crippen molar-refractivity contribution < 1.29 is 18.4 Å². The van der Waals surface area contributed by atoms with Gasteiger partial charge in [0.05, 0.1) is 0 Å². The molecule has 0 bridgehead atoms. The molecule has 1 fully saturated rings. The number of aromatic nitrogens is 2. The van der Waals surface area contributed by atoms with Crippen LogP contribution in [0.2, 0.25) is 0 Å². The Morgan fingerprint density at radius 2 is 2.18 bits per heavy atom. The molecule has 0 saturated heterocycles. The summed E-state index contributed by atoms with van der Waals surface area (Å²) in [5.41, 5.74) is 5.43. The van der Waals surface area contributed by atoms with Crippen LogP contribution < -0.4 is 11.1 Å². The smallest absolute Gasteiger partial charge is 0.255 e. The summed E-state index contributed by atoms with van der Waals surface area (Å²) in [4.78, 5) is 23.8. The van der Waals surface area contributed by atoms with Crippen molar-refractivity contribution in [3.05, 3.63) is 5.56 Å². The number of aryl methyl sites for hydroxylation is 1. The molecule has 22 heavy (non-hydrogen) atoms. The highest BCUT2D eigenvalue weighted by Crippen LogP contribution is 2.37. The summed E-state index contributed by atoms with van der Waals surface area (Å²) in [5.74, 6) is -4.70. The summed E-state index contributed by atoms with van der Waals surface area (Å²) in [6.45, 7) is 0. The van der Waals surface area contributed by atoms with Crippen LogP contribution in [0.1, 0.15) is 36.0 Å². The third-order valence-corrected chi connectivity index (χ3v) is 4.38. The van der Waals surface area contributed by atoms with Gasteiger partial charge in [0, 0.05) is 25.8 Å². The van der Waals surface area contributed by atoms with Gasteiger partial charge in [-0.05, 0) is 19.1 Å². The minimum atomic E-state index is -2.82. The Kier molecular flexibility index (Phi) is 4.74. The molecule has 6 nitrogen and oxygen atoms in total. The fourth-order valence-electron chi connectivity index (χ4n) is 2.62. The van der Waals surface area contributed by atoms with Gasteiger partial charge in [0.15, 0.2) is 0 Å². The molecular weight excluding hydrogens is 314 g/mol. The second kappa shape index (κ2) is 6.23. The number of alkyl halides is 2. The van der Waals surface area contributed by atoms with Gasteiger partial charge >= 0.3 is 0 Å². The van der Waals surface area contributed by atoms with Crippen molar-refractivity contribution >= 4 is 29.4 Å². The first kappa shape index (κ1) is 16.7. The quantitative estimate of drug-likeness (QED) is 0.825. The minimum absolute atomic E-state index is 0.103. The lowest BCUT2D eigenvalue weighted by atomic mass is 9.86. The fraction of sp³-hybridized carbons (Fsp3) is 0.615. The molecule has 9 heteroatoms. The van der Waals surface area contributed by atoms with E-state index in [1.54, 1.807) is 13.3 Å². The van der Waals surface area contributed by atoms with Gasteiger partial charge in [-0.25, -0.2) is 8.78 Å². The monoisotopic (exact) mass is 332 g/mol. The van der Waals surface area contributed by atoms with Gasteiger partial charge in [-0.3, -0.25) is 14.3 Å². The third kappa shape index (κ3) is 3.40. The number of nitrogens with zero attached hydrogens (tertiary/aromatic N) is 2. The van der Waals surface area contributed by atoms with Gasteiger partial charge < -0.3 is 11.1 Å². The highest BCUT2D eigenvalue weighted by atomic mass is 32.2. The maximum atomic E-state index is 13.4. The van der Waals surface area contributed by atoms with E-state index in [0.717, 1.165) is 0 Å². The molecule has 0 aliphatic heterocycles. The summed E-state index contributed by atoms with van der Waals surface area (Å²) < 4.78 is 28.2. The Morgan fingerprint density at radius 3 is 2.73 bits per heavy atom. The summed E-state index contributed by atoms with van der Waals surface area (Å²) >= 11 is 1.22. The molecule has 122 valence electrons. The summed E-state index contributed by atoms with van der Waals surface area (Å²) in [6.07, 6.45) is 1.77. The molecule has 1 unspecified atom stereocenters. The number of primary amides is 1. The highest BCUT2D eigenvalue weighted by molar-refractivity contribution is 7.98. The number of thioether (sulfide) groups is 1. The van der Waals surface area contributed by atoms with Crippen LogP contribution in [0.25, 0.3) is 0 Å². The van der Waals surface area contributed by atoms with Crippen molar-refractivity contribution in [3.8, 4) is 0 Å². The van der Waals surface area contributed by atoms with Gasteiger partial charge in [0.2, 0.25) is 11.8 Å². The van der Waals surface area contributed by atoms with Crippen molar-refractivity contribution in [3.63, 3.8) is 0 Å². The van der Waals surface area contributed by atoms with Crippen LogP contribution in [0.4, 0.5) is 14.6 Å². The Bertz CT molecular complexity index is 603. The molecule has 1 aromatic rings. The molecule has 3 N–H and O–H groups in total. The van der Waals surface area contributed by atoms with E-state index in [9.17, 15) is 18.4 Å². The Labute approximate surface area is 130 Å². The second-order valence-corrected chi connectivity index (χ2v) is 6.15. The van der Waals surface area contributed by atoms with E-state index in [1.807, 2.05) is 0 Å². The van der Waals surface area contributed by atoms with E-state index in [1.165, 1.54) is 16.4 Å². The zero-order chi connectivity index (χ0) is 16.5. The van der Waals surface area contributed by atoms with Gasteiger partial charge in [-0.1, -0.05) is 0 Å². The van der Waals surface area contributed by atoms with Crippen LogP contribution in [0.15, 0.2) is 5.03 Å². The van der Waals surface area contributed by atoms with Crippen molar-refractivity contribution in [2.45, 2.75) is 36.6 Å². The number of nitrogens with one attached hydrogen (secondary N) is 1. The molecule has 1 heterocycles. The number of hydrogen-bond donors (Lipinski definition) is 2. The maximum Gasteiger partial charge on any atom is 0.255 e. The lowest BCUT2D eigenvalue weighted by Gasteiger charge is -2.28. The Morgan fingerprint density at radius 1 is 1.50 bits per heavy atom. The van der Waals surface area contributed by atoms with Crippen molar-refractivity contribution in [1.29, 1.82) is 0 Å². The molecule has 1 atom stereocenters. The molecule has 0 spiro atoms. The first-order valence-corrected chi connectivity index (χ1v) is 8.07. The van der Waals surface area contributed by atoms with Crippen LogP contribution in [0.5, 0.6) is 0 Å². The molecule has 1 aliphatic rings. The van der Waals surface area contributed by atoms with Gasteiger partial charge in [0.25, 0.3) is 5.91 Å². The number of amides is 2. The molecule has 1 saturated carbocycles.